The molecule has 1 unspecified atom stereocenters. The first-order chi connectivity index (χ1) is 11.4. The van der Waals surface area contributed by atoms with E-state index in [4.69, 9.17) is 28.9 Å². The van der Waals surface area contributed by atoms with Gasteiger partial charge in [0, 0.05) is 22.0 Å². The summed E-state index contributed by atoms with van der Waals surface area (Å²) in [6.07, 6.45) is 2.62. The zero-order valence-electron chi connectivity index (χ0n) is 14.1. The van der Waals surface area contributed by atoms with Gasteiger partial charge in [-0.25, -0.2) is 0 Å². The number of allylic oxidation sites excluding steroid dienone is 1. The second-order valence-electron chi connectivity index (χ2n) is 6.31. The zero-order chi connectivity index (χ0) is 17.7. The van der Waals surface area contributed by atoms with Gasteiger partial charge in [-0.2, -0.15) is 0 Å². The summed E-state index contributed by atoms with van der Waals surface area (Å²) in [6.45, 7) is 8.08. The Hall–Kier alpha value is -1.32. The molecule has 2 rings (SSSR count). The predicted molar refractivity (Wildman–Crippen MR) is 105 cm³/mol. The average molecular weight is 363 g/mol. The molecule has 2 atom stereocenters. The van der Waals surface area contributed by atoms with Crippen molar-refractivity contribution in [2.75, 3.05) is 0 Å². The van der Waals surface area contributed by atoms with Crippen LogP contribution in [-0.2, 0) is 5.66 Å². The van der Waals surface area contributed by atoms with Crippen molar-refractivity contribution in [2.24, 2.45) is 5.73 Å². The molecule has 0 saturated carbocycles. The summed E-state index contributed by atoms with van der Waals surface area (Å²) in [6, 6.07) is 15.7. The standard InChI is InChI=1S/C20H24Cl2N2/c1-4-6-19(15-7-5-8-18(22)13-15)20(23,24-14(2)3)16-9-11-17(21)12-10-16/h4-5,7-14,19,24H,1,6,23H2,2-3H3/t19-,20?/m1/s1. The van der Waals surface area contributed by atoms with Crippen molar-refractivity contribution in [1.29, 1.82) is 0 Å². The van der Waals surface area contributed by atoms with E-state index in [1.165, 1.54) is 0 Å². The maximum Gasteiger partial charge on any atom is 0.0999 e. The van der Waals surface area contributed by atoms with Gasteiger partial charge in [0.25, 0.3) is 0 Å². The van der Waals surface area contributed by atoms with Crippen LogP contribution < -0.4 is 11.1 Å². The molecule has 2 aromatic carbocycles. The molecule has 0 aromatic heterocycles. The van der Waals surface area contributed by atoms with Crippen molar-refractivity contribution in [3.63, 3.8) is 0 Å². The highest BCUT2D eigenvalue weighted by Crippen LogP contribution is 2.37. The topological polar surface area (TPSA) is 38.0 Å². The Morgan fingerprint density at radius 3 is 2.33 bits per heavy atom. The first kappa shape index (κ1) is 19.0. The van der Waals surface area contributed by atoms with E-state index in [1.807, 2.05) is 48.5 Å². The summed E-state index contributed by atoms with van der Waals surface area (Å²) >= 11 is 12.3. The van der Waals surface area contributed by atoms with Gasteiger partial charge in [0.15, 0.2) is 0 Å². The monoisotopic (exact) mass is 362 g/mol. The Balaban J connectivity index is 2.56. The van der Waals surface area contributed by atoms with Crippen molar-refractivity contribution in [3.8, 4) is 0 Å². The van der Waals surface area contributed by atoms with E-state index in [2.05, 4.69) is 31.8 Å². The van der Waals surface area contributed by atoms with Crippen LogP contribution in [0.1, 0.15) is 37.3 Å². The highest BCUT2D eigenvalue weighted by atomic mass is 35.5. The quantitative estimate of drug-likeness (QED) is 0.506. The van der Waals surface area contributed by atoms with Crippen LogP contribution in [0.4, 0.5) is 0 Å². The number of rotatable bonds is 7. The van der Waals surface area contributed by atoms with Crippen molar-refractivity contribution in [2.45, 2.75) is 37.9 Å². The van der Waals surface area contributed by atoms with Crippen LogP contribution in [0.5, 0.6) is 0 Å². The minimum atomic E-state index is -0.766. The molecule has 0 bridgehead atoms. The number of halogens is 2. The second-order valence-corrected chi connectivity index (χ2v) is 7.18. The highest BCUT2D eigenvalue weighted by molar-refractivity contribution is 6.30. The minimum absolute atomic E-state index is 0.0164. The van der Waals surface area contributed by atoms with Gasteiger partial charge in [-0.1, -0.05) is 53.5 Å². The van der Waals surface area contributed by atoms with Crippen LogP contribution in [0.3, 0.4) is 0 Å². The molecule has 4 heteroatoms. The maximum absolute atomic E-state index is 6.94. The van der Waals surface area contributed by atoms with Crippen LogP contribution in [0.25, 0.3) is 0 Å². The smallest absolute Gasteiger partial charge is 0.0999 e. The maximum atomic E-state index is 6.94. The Labute approximate surface area is 154 Å². The molecule has 0 spiro atoms. The Morgan fingerprint density at radius 1 is 1.12 bits per heavy atom. The molecule has 0 amide bonds. The van der Waals surface area contributed by atoms with Crippen molar-refractivity contribution in [1.82, 2.24) is 5.32 Å². The summed E-state index contributed by atoms with van der Waals surface area (Å²) in [4.78, 5) is 0. The molecular formula is C20H24Cl2N2. The second kappa shape index (κ2) is 8.17. The van der Waals surface area contributed by atoms with Crippen LogP contribution >= 0.6 is 23.2 Å². The number of benzene rings is 2. The van der Waals surface area contributed by atoms with E-state index in [0.29, 0.717) is 10.0 Å². The summed E-state index contributed by atoms with van der Waals surface area (Å²) in [7, 11) is 0. The van der Waals surface area contributed by atoms with Crippen molar-refractivity contribution in [3.05, 3.63) is 82.4 Å². The van der Waals surface area contributed by atoms with Gasteiger partial charge in [-0.15, -0.1) is 6.58 Å². The van der Waals surface area contributed by atoms with Crippen LogP contribution in [-0.4, -0.2) is 6.04 Å². The number of hydrogen-bond donors (Lipinski definition) is 2. The van der Waals surface area contributed by atoms with Crippen LogP contribution in [0, 0.1) is 0 Å². The zero-order valence-corrected chi connectivity index (χ0v) is 15.6. The lowest BCUT2D eigenvalue weighted by Crippen LogP contribution is -2.57. The molecule has 2 nitrogen and oxygen atoms in total. The lowest BCUT2D eigenvalue weighted by molar-refractivity contribution is 0.255. The largest absolute Gasteiger partial charge is 0.309 e. The molecule has 2 aromatic rings. The molecule has 0 heterocycles. The fourth-order valence-electron chi connectivity index (χ4n) is 3.06. The van der Waals surface area contributed by atoms with Gasteiger partial charge in [0.05, 0.1) is 5.66 Å². The third kappa shape index (κ3) is 4.40. The first-order valence-corrected chi connectivity index (χ1v) is 8.81. The van der Waals surface area contributed by atoms with E-state index in [9.17, 15) is 0 Å². The average Bonchev–Trinajstić information content (AvgIpc) is 2.52. The summed E-state index contributed by atoms with van der Waals surface area (Å²) in [5.41, 5.74) is 8.23. The lowest BCUT2D eigenvalue weighted by atomic mass is 9.79. The molecule has 0 radical (unpaired) electrons. The van der Waals surface area contributed by atoms with E-state index in [-0.39, 0.29) is 12.0 Å². The summed E-state index contributed by atoms with van der Waals surface area (Å²) < 4.78 is 0. The Morgan fingerprint density at radius 2 is 1.79 bits per heavy atom. The van der Waals surface area contributed by atoms with Gasteiger partial charge < -0.3 is 5.73 Å². The van der Waals surface area contributed by atoms with Gasteiger partial charge in [-0.3, -0.25) is 5.32 Å². The molecule has 3 N–H and O–H groups in total. The molecular weight excluding hydrogens is 339 g/mol. The SMILES string of the molecule is C=CC[C@H](c1cccc(Cl)c1)C(N)(NC(C)C)c1ccc(Cl)cc1. The van der Waals surface area contributed by atoms with E-state index in [0.717, 1.165) is 17.5 Å². The molecule has 128 valence electrons. The fourth-order valence-corrected chi connectivity index (χ4v) is 3.39. The number of nitrogens with one attached hydrogen (secondary N) is 1. The molecule has 0 saturated heterocycles. The summed E-state index contributed by atoms with van der Waals surface area (Å²) in [5.74, 6) is -0.0164. The number of nitrogens with two attached hydrogens (primary N) is 1. The molecule has 0 fully saturated rings. The molecule has 0 aliphatic carbocycles. The third-order valence-corrected chi connectivity index (χ3v) is 4.54. The third-order valence-electron chi connectivity index (χ3n) is 4.05. The predicted octanol–water partition coefficient (Wildman–Crippen LogP) is 5.46. The lowest BCUT2D eigenvalue weighted by Gasteiger charge is -2.40. The normalized spacial score (nSPS) is 15.1. The van der Waals surface area contributed by atoms with Gasteiger partial charge in [0.2, 0.25) is 0 Å². The molecule has 0 aliphatic heterocycles. The van der Waals surface area contributed by atoms with Crippen LogP contribution in [0.2, 0.25) is 10.0 Å². The van der Waals surface area contributed by atoms with E-state index in [1.54, 1.807) is 0 Å². The Bertz CT molecular complexity index is 682. The van der Waals surface area contributed by atoms with E-state index < -0.39 is 5.66 Å². The van der Waals surface area contributed by atoms with Crippen molar-refractivity contribution < 1.29 is 0 Å². The van der Waals surface area contributed by atoms with Gasteiger partial charge in [0.1, 0.15) is 0 Å². The highest BCUT2D eigenvalue weighted by Gasteiger charge is 2.37. The molecule has 24 heavy (non-hydrogen) atoms. The number of hydrogen-bond acceptors (Lipinski definition) is 2. The van der Waals surface area contributed by atoms with Gasteiger partial charge in [-0.05, 0) is 55.7 Å². The Kier molecular flexibility index (Phi) is 6.47. The summed E-state index contributed by atoms with van der Waals surface area (Å²) in [5, 5.41) is 4.93. The van der Waals surface area contributed by atoms with Crippen molar-refractivity contribution >= 4 is 23.2 Å². The first-order valence-electron chi connectivity index (χ1n) is 8.05. The minimum Gasteiger partial charge on any atom is -0.309 e. The van der Waals surface area contributed by atoms with Crippen LogP contribution in [0.15, 0.2) is 61.2 Å². The van der Waals surface area contributed by atoms with E-state index >= 15 is 0 Å². The van der Waals surface area contributed by atoms with Gasteiger partial charge >= 0.3 is 0 Å². The molecule has 0 aliphatic rings. The fraction of sp³-hybridized carbons (Fsp3) is 0.300.